The largest absolute Gasteiger partial charge is 0.508 e. The molecule has 7 nitrogen and oxygen atoms in total. The predicted octanol–water partition coefficient (Wildman–Crippen LogP) is 4.28. The molecule has 1 atom stereocenters. The Labute approximate surface area is 180 Å². The molecule has 2 aromatic carbocycles. The fraction of sp³-hybridized carbons (Fsp3) is 0.190. The number of hydrogen-bond acceptors (Lipinski definition) is 7. The number of phenolic OH excluding ortho intramolecular Hbond substituents is 1. The molecule has 0 aliphatic carbocycles. The van der Waals surface area contributed by atoms with Crippen molar-refractivity contribution in [1.82, 2.24) is 14.8 Å². The number of carbonyl (C=O) groups is 1. The summed E-state index contributed by atoms with van der Waals surface area (Å²) in [5.41, 5.74) is 3.64. The Balaban J connectivity index is 1.66. The van der Waals surface area contributed by atoms with Gasteiger partial charge in [-0.05, 0) is 42.8 Å². The van der Waals surface area contributed by atoms with Gasteiger partial charge in [-0.2, -0.15) is 9.78 Å². The molecule has 2 N–H and O–H groups in total. The number of aryl methyl sites for hydroxylation is 1. The summed E-state index contributed by atoms with van der Waals surface area (Å²) in [4.78, 5) is 17.2. The number of rotatable bonds is 3. The minimum Gasteiger partial charge on any atom is -0.508 e. The number of aromatic hydroxyl groups is 1. The van der Waals surface area contributed by atoms with Crippen LogP contribution in [-0.4, -0.2) is 38.6 Å². The third-order valence-corrected chi connectivity index (χ3v) is 7.23. The van der Waals surface area contributed by atoms with Gasteiger partial charge in [0.05, 0.1) is 34.0 Å². The first-order chi connectivity index (χ1) is 14.5. The van der Waals surface area contributed by atoms with Crippen LogP contribution in [0.1, 0.15) is 22.1 Å². The summed E-state index contributed by atoms with van der Waals surface area (Å²) in [5.74, 6) is 1.88. The van der Waals surface area contributed by atoms with Gasteiger partial charge in [0.2, 0.25) is 11.0 Å². The molecule has 30 heavy (non-hydrogen) atoms. The van der Waals surface area contributed by atoms with Crippen molar-refractivity contribution in [2.24, 2.45) is 0 Å². The number of phenols is 1. The monoisotopic (exact) mass is 438 g/mol. The highest BCUT2D eigenvalue weighted by Crippen LogP contribution is 2.44. The lowest BCUT2D eigenvalue weighted by atomic mass is 10.0. The maximum absolute atomic E-state index is 12.5. The molecule has 3 heterocycles. The molecular weight excluding hydrogens is 420 g/mol. The molecule has 0 spiro atoms. The van der Waals surface area contributed by atoms with Gasteiger partial charge in [0.25, 0.3) is 0 Å². The predicted molar refractivity (Wildman–Crippen MR) is 119 cm³/mol. The number of methoxy groups -OCH3 is 1. The minimum atomic E-state index is -0.0808. The normalized spacial score (nSPS) is 16.2. The molecule has 1 unspecified atom stereocenters. The van der Waals surface area contributed by atoms with Crippen LogP contribution in [0.25, 0.3) is 15.3 Å². The van der Waals surface area contributed by atoms with E-state index in [1.54, 1.807) is 35.7 Å². The molecule has 4 aromatic rings. The number of nitrogens with zero attached hydrogens (tertiary/aromatic N) is 3. The topological polar surface area (TPSA) is 89.3 Å². The molecule has 152 valence electrons. The van der Waals surface area contributed by atoms with Crippen molar-refractivity contribution < 1.29 is 14.6 Å². The first-order valence-corrected chi connectivity index (χ1v) is 11.1. The van der Waals surface area contributed by atoms with E-state index in [0.717, 1.165) is 32.8 Å². The highest BCUT2D eigenvalue weighted by molar-refractivity contribution is 8.00. The van der Waals surface area contributed by atoms with Crippen LogP contribution in [0.3, 0.4) is 0 Å². The molecule has 0 saturated heterocycles. The zero-order valence-electron chi connectivity index (χ0n) is 16.2. The number of fused-ring (bicyclic) bond motifs is 2. The van der Waals surface area contributed by atoms with Crippen LogP contribution in [-0.2, 0) is 4.79 Å². The van der Waals surface area contributed by atoms with Crippen molar-refractivity contribution in [3.8, 4) is 16.6 Å². The Kier molecular flexibility index (Phi) is 4.63. The second-order valence-corrected chi connectivity index (χ2v) is 9.02. The minimum absolute atomic E-state index is 0.0774. The second-order valence-electron chi connectivity index (χ2n) is 6.92. The Morgan fingerprint density at radius 3 is 2.80 bits per heavy atom. The summed E-state index contributed by atoms with van der Waals surface area (Å²) in [5, 5.41) is 18.0. The number of nitrogens with one attached hydrogen (secondary N) is 1. The number of benzene rings is 2. The fourth-order valence-corrected chi connectivity index (χ4v) is 5.69. The molecule has 5 rings (SSSR count). The average Bonchev–Trinajstić information content (AvgIpc) is 3.24. The smallest absolute Gasteiger partial charge is 0.235 e. The Bertz CT molecular complexity index is 1260. The molecule has 0 saturated carbocycles. The number of thioether (sulfide) groups is 1. The molecule has 1 amide bonds. The van der Waals surface area contributed by atoms with E-state index in [1.807, 2.05) is 37.3 Å². The van der Waals surface area contributed by atoms with Gasteiger partial charge in [0.1, 0.15) is 17.3 Å². The number of hydrogen-bond donors (Lipinski definition) is 2. The number of amides is 1. The van der Waals surface area contributed by atoms with Crippen molar-refractivity contribution in [2.75, 3.05) is 18.2 Å². The van der Waals surface area contributed by atoms with E-state index in [2.05, 4.69) is 5.32 Å². The van der Waals surface area contributed by atoms with Crippen LogP contribution in [0.4, 0.5) is 5.82 Å². The van der Waals surface area contributed by atoms with Crippen LogP contribution in [0.5, 0.6) is 11.5 Å². The van der Waals surface area contributed by atoms with Gasteiger partial charge in [-0.25, -0.2) is 4.98 Å². The van der Waals surface area contributed by atoms with Gasteiger partial charge >= 0.3 is 0 Å². The summed E-state index contributed by atoms with van der Waals surface area (Å²) in [6.45, 7) is 1.94. The van der Waals surface area contributed by atoms with Crippen molar-refractivity contribution in [1.29, 1.82) is 0 Å². The summed E-state index contributed by atoms with van der Waals surface area (Å²) >= 11 is 3.04. The van der Waals surface area contributed by atoms with E-state index in [0.29, 0.717) is 16.7 Å². The SMILES string of the molecule is COc1ccc2nc(-n3nc(C)c4c3NC(=O)CSC4c3ccc(O)cc3)sc2c1. The molecular formula is C21H18N4O3S2. The lowest BCUT2D eigenvalue weighted by molar-refractivity contribution is -0.113. The summed E-state index contributed by atoms with van der Waals surface area (Å²) in [6.07, 6.45) is 0. The molecule has 1 aliphatic heterocycles. The van der Waals surface area contributed by atoms with Crippen LogP contribution in [0, 0.1) is 6.92 Å². The summed E-state index contributed by atoms with van der Waals surface area (Å²) in [6, 6.07) is 12.8. The number of carbonyl (C=O) groups excluding carboxylic acids is 1. The zero-order chi connectivity index (χ0) is 20.8. The summed E-state index contributed by atoms with van der Waals surface area (Å²) in [7, 11) is 1.64. The van der Waals surface area contributed by atoms with Crippen molar-refractivity contribution in [3.05, 3.63) is 59.3 Å². The second kappa shape index (κ2) is 7.33. The lowest BCUT2D eigenvalue weighted by Crippen LogP contribution is -2.15. The van der Waals surface area contributed by atoms with Crippen LogP contribution >= 0.6 is 23.1 Å². The number of ether oxygens (including phenoxy) is 1. The first kappa shape index (κ1) is 19.0. The van der Waals surface area contributed by atoms with Crippen molar-refractivity contribution >= 4 is 45.0 Å². The van der Waals surface area contributed by atoms with E-state index < -0.39 is 0 Å². The molecule has 1 aliphatic rings. The number of anilines is 1. The molecule has 9 heteroatoms. The van der Waals surface area contributed by atoms with E-state index in [-0.39, 0.29) is 16.9 Å². The third-order valence-electron chi connectivity index (χ3n) is 4.97. The van der Waals surface area contributed by atoms with E-state index >= 15 is 0 Å². The number of thiazole rings is 1. The van der Waals surface area contributed by atoms with Crippen LogP contribution in [0.15, 0.2) is 42.5 Å². The zero-order valence-corrected chi connectivity index (χ0v) is 17.9. The average molecular weight is 439 g/mol. The van der Waals surface area contributed by atoms with Gasteiger partial charge in [0.15, 0.2) is 0 Å². The van der Waals surface area contributed by atoms with Crippen molar-refractivity contribution in [2.45, 2.75) is 12.2 Å². The van der Waals surface area contributed by atoms with Crippen molar-refractivity contribution in [3.63, 3.8) is 0 Å². The van der Waals surface area contributed by atoms with E-state index in [1.165, 1.54) is 11.3 Å². The van der Waals surface area contributed by atoms with E-state index in [4.69, 9.17) is 14.8 Å². The molecule has 0 bridgehead atoms. The Morgan fingerprint density at radius 2 is 2.03 bits per heavy atom. The standard InChI is InChI=1S/C21H18N4O3S2/c1-11-18-19(12-3-5-13(26)6-4-12)29-10-17(27)23-20(18)25(24-11)21-22-15-8-7-14(28-2)9-16(15)30-21/h3-9,19,26H,10H2,1-2H3,(H,23,27). The van der Waals surface area contributed by atoms with Crippen LogP contribution in [0.2, 0.25) is 0 Å². The van der Waals surface area contributed by atoms with Gasteiger partial charge in [-0.15, -0.1) is 11.8 Å². The van der Waals surface area contributed by atoms with Gasteiger partial charge < -0.3 is 15.2 Å². The molecule has 0 radical (unpaired) electrons. The highest BCUT2D eigenvalue weighted by atomic mass is 32.2. The van der Waals surface area contributed by atoms with Gasteiger partial charge in [0, 0.05) is 5.56 Å². The first-order valence-electron chi connectivity index (χ1n) is 9.28. The Hall–Kier alpha value is -3.04. The molecule has 0 fully saturated rings. The molecule has 2 aromatic heterocycles. The fourth-order valence-electron chi connectivity index (χ4n) is 3.54. The number of aromatic nitrogens is 3. The summed E-state index contributed by atoms with van der Waals surface area (Å²) < 4.78 is 8.02. The third kappa shape index (κ3) is 3.20. The van der Waals surface area contributed by atoms with Gasteiger partial charge in [-0.1, -0.05) is 23.5 Å². The quantitative estimate of drug-likeness (QED) is 0.496. The van der Waals surface area contributed by atoms with Gasteiger partial charge in [-0.3, -0.25) is 4.79 Å². The highest BCUT2D eigenvalue weighted by Gasteiger charge is 2.31. The maximum Gasteiger partial charge on any atom is 0.235 e. The maximum atomic E-state index is 12.5. The lowest BCUT2D eigenvalue weighted by Gasteiger charge is -2.15. The van der Waals surface area contributed by atoms with Crippen LogP contribution < -0.4 is 10.1 Å². The Morgan fingerprint density at radius 1 is 1.23 bits per heavy atom. The van der Waals surface area contributed by atoms with E-state index in [9.17, 15) is 9.90 Å².